The highest BCUT2D eigenvalue weighted by Gasteiger charge is 2.25. The Morgan fingerprint density at radius 2 is 1.11 bits per heavy atom. The summed E-state index contributed by atoms with van der Waals surface area (Å²) in [5.41, 5.74) is 2.10. The molecule has 1 fully saturated rings. The average Bonchev–Trinajstić information content (AvgIpc) is 2.91. The quantitative estimate of drug-likeness (QED) is 0.422. The van der Waals surface area contributed by atoms with Gasteiger partial charge in [0.15, 0.2) is 36.2 Å². The van der Waals surface area contributed by atoms with E-state index in [-0.39, 0.29) is 25.0 Å². The predicted molar refractivity (Wildman–Crippen MR) is 138 cm³/mol. The van der Waals surface area contributed by atoms with Crippen LogP contribution >= 0.6 is 0 Å². The Morgan fingerprint density at radius 1 is 0.722 bits per heavy atom. The standard InChI is InChI=1S/C28H34N2O6/c1-5-7-21-9-11-23(25(17-21)33-3)35-19-27(31)29-13-15-30(16-14-29)28(32)20-36-24-12-10-22(8-6-2)18-26(24)34-4/h5-6,9-12,17-18H,1-2,7-8,13-16,19-20H2,3-4H3. The SMILES string of the molecule is C=CCc1ccc(OCC(=O)N2CCN(C(=O)COc3ccc(CC=C)cc3OC)CC2)c(OC)c1. The number of piperazine rings is 1. The van der Waals surface area contributed by atoms with Gasteiger partial charge in [0.05, 0.1) is 14.2 Å². The molecule has 1 aliphatic heterocycles. The van der Waals surface area contributed by atoms with E-state index in [9.17, 15) is 9.59 Å². The summed E-state index contributed by atoms with van der Waals surface area (Å²) in [4.78, 5) is 28.7. The van der Waals surface area contributed by atoms with Crippen LogP contribution in [0.4, 0.5) is 0 Å². The maximum atomic E-state index is 12.7. The molecule has 0 atom stereocenters. The monoisotopic (exact) mass is 494 g/mol. The van der Waals surface area contributed by atoms with Crippen LogP contribution in [0.15, 0.2) is 61.7 Å². The fourth-order valence-corrected chi connectivity index (χ4v) is 3.92. The lowest BCUT2D eigenvalue weighted by molar-refractivity contribution is -0.141. The molecule has 192 valence electrons. The van der Waals surface area contributed by atoms with Gasteiger partial charge in [-0.2, -0.15) is 0 Å². The first kappa shape index (κ1) is 26.7. The molecule has 2 aromatic carbocycles. The van der Waals surface area contributed by atoms with E-state index in [0.29, 0.717) is 49.2 Å². The predicted octanol–water partition coefficient (Wildman–Crippen LogP) is 3.29. The molecule has 0 aliphatic carbocycles. The van der Waals surface area contributed by atoms with Gasteiger partial charge in [0.1, 0.15) is 0 Å². The van der Waals surface area contributed by atoms with Gasteiger partial charge in [-0.1, -0.05) is 24.3 Å². The first-order chi connectivity index (χ1) is 17.5. The van der Waals surface area contributed by atoms with Gasteiger partial charge in [-0.05, 0) is 48.2 Å². The van der Waals surface area contributed by atoms with Crippen molar-refractivity contribution in [2.75, 3.05) is 53.6 Å². The summed E-state index contributed by atoms with van der Waals surface area (Å²) in [5.74, 6) is 1.89. The number of ether oxygens (including phenoxy) is 4. The van der Waals surface area contributed by atoms with Crippen molar-refractivity contribution in [1.29, 1.82) is 0 Å². The van der Waals surface area contributed by atoms with E-state index < -0.39 is 0 Å². The van der Waals surface area contributed by atoms with Crippen molar-refractivity contribution in [3.8, 4) is 23.0 Å². The number of hydrogen-bond acceptors (Lipinski definition) is 6. The number of hydrogen-bond donors (Lipinski definition) is 0. The maximum absolute atomic E-state index is 12.7. The van der Waals surface area contributed by atoms with Gasteiger partial charge < -0.3 is 28.7 Å². The van der Waals surface area contributed by atoms with E-state index in [4.69, 9.17) is 18.9 Å². The normalized spacial score (nSPS) is 13.1. The third-order valence-corrected chi connectivity index (χ3v) is 5.90. The van der Waals surface area contributed by atoms with Crippen LogP contribution in [0.5, 0.6) is 23.0 Å². The van der Waals surface area contributed by atoms with Crippen molar-refractivity contribution >= 4 is 11.8 Å². The van der Waals surface area contributed by atoms with Crippen molar-refractivity contribution in [3.05, 3.63) is 72.8 Å². The molecule has 0 radical (unpaired) electrons. The van der Waals surface area contributed by atoms with Gasteiger partial charge in [0.25, 0.3) is 11.8 Å². The smallest absolute Gasteiger partial charge is 0.260 e. The Kier molecular flexibility index (Phi) is 9.80. The van der Waals surface area contributed by atoms with Crippen LogP contribution < -0.4 is 18.9 Å². The summed E-state index contributed by atoms with van der Waals surface area (Å²) in [5, 5.41) is 0. The molecule has 0 unspecified atom stereocenters. The van der Waals surface area contributed by atoms with Crippen molar-refractivity contribution in [1.82, 2.24) is 9.80 Å². The Bertz CT molecular complexity index is 990. The van der Waals surface area contributed by atoms with E-state index in [2.05, 4.69) is 13.2 Å². The second-order valence-electron chi connectivity index (χ2n) is 8.29. The van der Waals surface area contributed by atoms with Crippen LogP contribution in [0.25, 0.3) is 0 Å². The van der Waals surface area contributed by atoms with Crippen LogP contribution in [-0.2, 0) is 22.4 Å². The topological polar surface area (TPSA) is 77.5 Å². The highest BCUT2D eigenvalue weighted by atomic mass is 16.5. The number of benzene rings is 2. The van der Waals surface area contributed by atoms with Crippen LogP contribution in [0, 0.1) is 0 Å². The molecule has 2 aromatic rings. The third kappa shape index (κ3) is 7.04. The summed E-state index contributed by atoms with van der Waals surface area (Å²) < 4.78 is 22.2. The Hall–Kier alpha value is -3.94. The minimum absolute atomic E-state index is 0.101. The lowest BCUT2D eigenvalue weighted by Gasteiger charge is -2.34. The largest absolute Gasteiger partial charge is 0.493 e. The minimum atomic E-state index is -0.139. The lowest BCUT2D eigenvalue weighted by atomic mass is 10.1. The number of nitrogens with zero attached hydrogens (tertiary/aromatic N) is 2. The van der Waals surface area contributed by atoms with Gasteiger partial charge in [0, 0.05) is 26.2 Å². The molecule has 8 heteroatoms. The summed E-state index contributed by atoms with van der Waals surface area (Å²) in [7, 11) is 3.13. The van der Waals surface area contributed by atoms with E-state index in [0.717, 1.165) is 24.0 Å². The van der Waals surface area contributed by atoms with E-state index in [1.807, 2.05) is 36.4 Å². The van der Waals surface area contributed by atoms with Crippen molar-refractivity contribution in [2.24, 2.45) is 0 Å². The van der Waals surface area contributed by atoms with Gasteiger partial charge in [-0.3, -0.25) is 9.59 Å². The van der Waals surface area contributed by atoms with Gasteiger partial charge >= 0.3 is 0 Å². The fourth-order valence-electron chi connectivity index (χ4n) is 3.92. The van der Waals surface area contributed by atoms with Crippen molar-refractivity contribution < 1.29 is 28.5 Å². The van der Waals surface area contributed by atoms with Gasteiger partial charge in [-0.25, -0.2) is 0 Å². The Morgan fingerprint density at radius 3 is 1.44 bits per heavy atom. The zero-order valence-electron chi connectivity index (χ0n) is 21.0. The summed E-state index contributed by atoms with van der Waals surface area (Å²) in [6.07, 6.45) is 5.07. The average molecular weight is 495 g/mol. The molecular formula is C28H34N2O6. The number of allylic oxidation sites excluding steroid dienone is 2. The molecule has 0 spiro atoms. The highest BCUT2D eigenvalue weighted by molar-refractivity contribution is 5.80. The van der Waals surface area contributed by atoms with Crippen LogP contribution in [0.1, 0.15) is 11.1 Å². The number of rotatable bonds is 12. The number of amides is 2. The summed E-state index contributed by atoms with van der Waals surface area (Å²) in [6, 6.07) is 11.2. The van der Waals surface area contributed by atoms with Crippen LogP contribution in [0.2, 0.25) is 0 Å². The molecule has 3 rings (SSSR count). The first-order valence-corrected chi connectivity index (χ1v) is 11.9. The van der Waals surface area contributed by atoms with Crippen molar-refractivity contribution in [2.45, 2.75) is 12.8 Å². The van der Waals surface area contributed by atoms with Crippen LogP contribution in [-0.4, -0.2) is 75.2 Å². The van der Waals surface area contributed by atoms with Crippen LogP contribution in [0.3, 0.4) is 0 Å². The van der Waals surface area contributed by atoms with E-state index >= 15 is 0 Å². The molecule has 2 amide bonds. The number of carbonyl (C=O) groups excluding carboxylic acids is 2. The molecule has 8 nitrogen and oxygen atoms in total. The number of methoxy groups -OCH3 is 2. The molecule has 0 aromatic heterocycles. The molecular weight excluding hydrogens is 460 g/mol. The van der Waals surface area contributed by atoms with Crippen molar-refractivity contribution in [3.63, 3.8) is 0 Å². The molecule has 36 heavy (non-hydrogen) atoms. The summed E-state index contributed by atoms with van der Waals surface area (Å²) in [6.45, 7) is 9.01. The van der Waals surface area contributed by atoms with Gasteiger partial charge in [-0.15, -0.1) is 13.2 Å². The molecule has 1 aliphatic rings. The Balaban J connectivity index is 1.46. The van der Waals surface area contributed by atoms with Gasteiger partial charge in [0.2, 0.25) is 0 Å². The first-order valence-electron chi connectivity index (χ1n) is 11.9. The Labute approximate surface area is 212 Å². The second kappa shape index (κ2) is 13.2. The zero-order chi connectivity index (χ0) is 25.9. The molecule has 1 saturated heterocycles. The molecule has 1 heterocycles. The fraction of sp³-hybridized carbons (Fsp3) is 0.357. The second-order valence-corrected chi connectivity index (χ2v) is 8.29. The third-order valence-electron chi connectivity index (χ3n) is 5.90. The van der Waals surface area contributed by atoms with E-state index in [1.54, 1.807) is 36.2 Å². The summed E-state index contributed by atoms with van der Waals surface area (Å²) >= 11 is 0. The zero-order valence-corrected chi connectivity index (χ0v) is 21.0. The molecule has 0 saturated carbocycles. The van der Waals surface area contributed by atoms with E-state index in [1.165, 1.54) is 0 Å². The maximum Gasteiger partial charge on any atom is 0.260 e. The lowest BCUT2D eigenvalue weighted by Crippen LogP contribution is -2.52. The highest BCUT2D eigenvalue weighted by Crippen LogP contribution is 2.29. The molecule has 0 N–H and O–H groups in total. The number of carbonyl (C=O) groups is 2. The molecule has 0 bridgehead atoms. The minimum Gasteiger partial charge on any atom is -0.493 e.